The number of rotatable bonds is 10. The van der Waals surface area contributed by atoms with Gasteiger partial charge in [0.1, 0.15) is 0 Å². The molecule has 138 valence electrons. The molecule has 1 atom stereocenters. The molecular formula is C21H23IO3Se. The molecule has 0 radical (unpaired) electrons. The van der Waals surface area contributed by atoms with Gasteiger partial charge in [-0.25, -0.2) is 0 Å². The van der Waals surface area contributed by atoms with Crippen LogP contribution in [0.5, 0.6) is 0 Å². The molecule has 0 N–H and O–H groups in total. The molecule has 2 rings (SSSR count). The predicted octanol–water partition coefficient (Wildman–Crippen LogP) is 3.55. The summed E-state index contributed by atoms with van der Waals surface area (Å²) in [6.07, 6.45) is 2.55. The molecule has 2 aromatic carbocycles. The number of carbonyl (C=O) groups is 2. The molecule has 0 saturated heterocycles. The summed E-state index contributed by atoms with van der Waals surface area (Å²) in [5, 5.41) is 0. The molecule has 2 aromatic rings. The Kier molecular flexibility index (Phi) is 8.82. The van der Waals surface area contributed by atoms with Crippen LogP contribution < -0.4 is 4.46 Å². The summed E-state index contributed by atoms with van der Waals surface area (Å²) < 4.78 is 7.03. The van der Waals surface area contributed by atoms with E-state index in [9.17, 15) is 9.59 Å². The standard InChI is InChI=1S/C21H23IO3Se/c1-25-19(23)21(14-8-16-22,15-13-17-9-4-2-5-10-17)20(24)26-18-11-6-3-7-12-18/h2-7,9-12H,8,13-16H2,1H3. The van der Waals surface area contributed by atoms with E-state index in [1.807, 2.05) is 60.7 Å². The molecule has 1 unspecified atom stereocenters. The summed E-state index contributed by atoms with van der Waals surface area (Å²) in [6, 6.07) is 19.7. The van der Waals surface area contributed by atoms with E-state index in [-0.39, 0.29) is 10.7 Å². The number of benzene rings is 2. The third-order valence-electron chi connectivity index (χ3n) is 4.34. The van der Waals surface area contributed by atoms with E-state index in [0.29, 0.717) is 19.3 Å². The molecule has 0 heterocycles. The van der Waals surface area contributed by atoms with Crippen molar-refractivity contribution >= 4 is 52.7 Å². The van der Waals surface area contributed by atoms with E-state index in [1.54, 1.807) is 0 Å². The third kappa shape index (κ3) is 5.66. The van der Waals surface area contributed by atoms with Gasteiger partial charge in [-0.15, -0.1) is 0 Å². The number of aryl methyl sites for hydroxylation is 1. The van der Waals surface area contributed by atoms with Gasteiger partial charge in [0.25, 0.3) is 0 Å². The molecule has 0 amide bonds. The van der Waals surface area contributed by atoms with E-state index in [0.717, 1.165) is 20.9 Å². The number of alkyl halides is 1. The van der Waals surface area contributed by atoms with Crippen molar-refractivity contribution in [3.8, 4) is 0 Å². The quantitative estimate of drug-likeness (QED) is 0.156. The normalized spacial score (nSPS) is 13.0. The first-order valence-electron chi connectivity index (χ1n) is 8.58. The van der Waals surface area contributed by atoms with Crippen molar-refractivity contribution in [1.82, 2.24) is 0 Å². The molecule has 0 aliphatic rings. The van der Waals surface area contributed by atoms with Crippen molar-refractivity contribution in [3.63, 3.8) is 0 Å². The third-order valence-corrected chi connectivity index (χ3v) is 7.38. The summed E-state index contributed by atoms with van der Waals surface area (Å²) in [5.41, 5.74) is 0.0845. The first-order chi connectivity index (χ1) is 12.6. The molecule has 0 fully saturated rings. The van der Waals surface area contributed by atoms with E-state index in [4.69, 9.17) is 4.74 Å². The van der Waals surface area contributed by atoms with Gasteiger partial charge in [-0.3, -0.25) is 0 Å². The summed E-state index contributed by atoms with van der Waals surface area (Å²) in [5.74, 6) is -0.388. The van der Waals surface area contributed by atoms with Gasteiger partial charge in [-0.2, -0.15) is 0 Å². The second kappa shape index (κ2) is 10.9. The SMILES string of the molecule is COC(=O)C(CCCI)(CCc1ccccc1)C(=O)[Se]c1ccccc1. The predicted molar refractivity (Wildman–Crippen MR) is 114 cm³/mol. The van der Waals surface area contributed by atoms with E-state index >= 15 is 0 Å². The molecule has 0 aliphatic heterocycles. The van der Waals surface area contributed by atoms with Crippen LogP contribution in [0.3, 0.4) is 0 Å². The van der Waals surface area contributed by atoms with Crippen LogP contribution in [-0.2, 0) is 20.7 Å². The van der Waals surface area contributed by atoms with Gasteiger partial charge in [0.05, 0.1) is 0 Å². The number of ether oxygens (including phenoxy) is 1. The van der Waals surface area contributed by atoms with Crippen LogP contribution in [0.2, 0.25) is 0 Å². The van der Waals surface area contributed by atoms with Gasteiger partial charge >= 0.3 is 176 Å². The van der Waals surface area contributed by atoms with E-state index < -0.39 is 20.4 Å². The van der Waals surface area contributed by atoms with Gasteiger partial charge < -0.3 is 0 Å². The molecule has 0 spiro atoms. The Balaban J connectivity index is 2.27. The van der Waals surface area contributed by atoms with Crippen molar-refractivity contribution in [2.24, 2.45) is 5.41 Å². The van der Waals surface area contributed by atoms with Crippen LogP contribution in [0.1, 0.15) is 24.8 Å². The van der Waals surface area contributed by atoms with Gasteiger partial charge in [-0.05, 0) is 0 Å². The number of carbonyl (C=O) groups excluding carboxylic acids is 2. The Hall–Kier alpha value is -1.17. The van der Waals surface area contributed by atoms with Crippen molar-refractivity contribution in [1.29, 1.82) is 0 Å². The average Bonchev–Trinajstić information content (AvgIpc) is 2.69. The molecule has 26 heavy (non-hydrogen) atoms. The van der Waals surface area contributed by atoms with Crippen LogP contribution in [-0.4, -0.2) is 37.1 Å². The van der Waals surface area contributed by atoms with Crippen LogP contribution in [0.15, 0.2) is 60.7 Å². The molecular weight excluding hydrogens is 506 g/mol. The van der Waals surface area contributed by atoms with Gasteiger partial charge in [0, 0.05) is 0 Å². The average molecular weight is 529 g/mol. The number of hydrogen-bond donors (Lipinski definition) is 0. The second-order valence-corrected chi connectivity index (χ2v) is 9.33. The van der Waals surface area contributed by atoms with Crippen LogP contribution in [0.25, 0.3) is 0 Å². The molecule has 3 nitrogen and oxygen atoms in total. The monoisotopic (exact) mass is 530 g/mol. The Labute approximate surface area is 175 Å². The summed E-state index contributed by atoms with van der Waals surface area (Å²) in [4.78, 5) is 26.0. The minimum atomic E-state index is -1.05. The second-order valence-electron chi connectivity index (χ2n) is 6.05. The van der Waals surface area contributed by atoms with Crippen molar-refractivity contribution < 1.29 is 14.3 Å². The Morgan fingerprint density at radius 3 is 2.19 bits per heavy atom. The van der Waals surface area contributed by atoms with Crippen LogP contribution in [0.4, 0.5) is 0 Å². The molecule has 0 aromatic heterocycles. The van der Waals surface area contributed by atoms with E-state index in [1.165, 1.54) is 7.11 Å². The maximum absolute atomic E-state index is 13.3. The first-order valence-corrected chi connectivity index (χ1v) is 11.8. The van der Waals surface area contributed by atoms with Crippen LogP contribution in [0, 0.1) is 5.41 Å². The zero-order valence-electron chi connectivity index (χ0n) is 14.8. The molecule has 0 aliphatic carbocycles. The first kappa shape index (κ1) is 21.1. The summed E-state index contributed by atoms with van der Waals surface area (Å²) >= 11 is 1.89. The Bertz CT molecular complexity index is 706. The number of methoxy groups -OCH3 is 1. The molecule has 5 heteroatoms. The summed E-state index contributed by atoms with van der Waals surface area (Å²) in [7, 11) is 1.38. The topological polar surface area (TPSA) is 43.4 Å². The Morgan fingerprint density at radius 1 is 1.00 bits per heavy atom. The minimum absolute atomic E-state index is 0.0174. The Morgan fingerprint density at radius 2 is 1.62 bits per heavy atom. The molecule has 0 saturated carbocycles. The fourth-order valence-corrected chi connectivity index (χ4v) is 5.33. The molecule has 0 bridgehead atoms. The maximum atomic E-state index is 13.3. The number of esters is 1. The van der Waals surface area contributed by atoms with Crippen molar-refractivity contribution in [2.45, 2.75) is 25.7 Å². The fraction of sp³-hybridized carbons (Fsp3) is 0.333. The van der Waals surface area contributed by atoms with E-state index in [2.05, 4.69) is 22.6 Å². The van der Waals surface area contributed by atoms with Crippen molar-refractivity contribution in [3.05, 3.63) is 66.2 Å². The number of hydrogen-bond acceptors (Lipinski definition) is 3. The van der Waals surface area contributed by atoms with Gasteiger partial charge in [0.15, 0.2) is 0 Å². The van der Waals surface area contributed by atoms with Crippen LogP contribution >= 0.6 is 22.6 Å². The zero-order valence-corrected chi connectivity index (χ0v) is 18.7. The fourth-order valence-electron chi connectivity index (χ4n) is 2.88. The zero-order chi connectivity index (χ0) is 18.8. The number of halogens is 1. The van der Waals surface area contributed by atoms with Gasteiger partial charge in [-0.1, -0.05) is 0 Å². The van der Waals surface area contributed by atoms with Crippen molar-refractivity contribution in [2.75, 3.05) is 11.5 Å². The van der Waals surface area contributed by atoms with Gasteiger partial charge in [0.2, 0.25) is 0 Å². The summed E-state index contributed by atoms with van der Waals surface area (Å²) in [6.45, 7) is 0.